The molecular formula is C29H39N3O5. The molecule has 1 aromatic rings. The van der Waals surface area contributed by atoms with E-state index in [1.165, 1.54) is 31.2 Å². The molecule has 2 amide bonds. The van der Waals surface area contributed by atoms with Gasteiger partial charge in [-0.1, -0.05) is 31.4 Å². The lowest BCUT2D eigenvalue weighted by atomic mass is 9.80. The van der Waals surface area contributed by atoms with Crippen LogP contribution in [0, 0.1) is 0 Å². The number of carbonyl (C=O) groups is 3. The molecule has 1 N–H and O–H groups in total. The average Bonchev–Trinajstić information content (AvgIpc) is 3.62. The highest BCUT2D eigenvalue weighted by Crippen LogP contribution is 2.37. The number of ketones is 1. The Kier molecular flexibility index (Phi) is 6.84. The first-order valence-corrected chi connectivity index (χ1v) is 14.1. The smallest absolute Gasteiger partial charge is 0.252 e. The fraction of sp³-hybridized carbons (Fsp3) is 0.690. The molecule has 0 unspecified atom stereocenters. The van der Waals surface area contributed by atoms with Crippen LogP contribution in [0.5, 0.6) is 0 Å². The van der Waals surface area contributed by atoms with Crippen LogP contribution in [0.25, 0.3) is 0 Å². The number of carbonyl (C=O) groups excluding carboxylic acids is 3. The van der Waals surface area contributed by atoms with Crippen LogP contribution in [0.4, 0.5) is 0 Å². The summed E-state index contributed by atoms with van der Waals surface area (Å²) in [5.41, 5.74) is 0.870. The van der Waals surface area contributed by atoms with Gasteiger partial charge in [-0.2, -0.15) is 0 Å². The molecule has 200 valence electrons. The van der Waals surface area contributed by atoms with E-state index in [2.05, 4.69) is 22.3 Å². The Hall–Kier alpha value is -2.29. The van der Waals surface area contributed by atoms with Gasteiger partial charge < -0.3 is 24.6 Å². The molecule has 3 atom stereocenters. The molecule has 37 heavy (non-hydrogen) atoms. The maximum atomic E-state index is 14.0. The molecule has 3 aliphatic heterocycles. The highest BCUT2D eigenvalue weighted by Gasteiger charge is 2.56. The van der Waals surface area contributed by atoms with Gasteiger partial charge in [0.1, 0.15) is 30.4 Å². The maximum absolute atomic E-state index is 14.0. The van der Waals surface area contributed by atoms with Gasteiger partial charge in [-0.25, -0.2) is 0 Å². The quantitative estimate of drug-likeness (QED) is 0.635. The summed E-state index contributed by atoms with van der Waals surface area (Å²) in [6.45, 7) is 2.64. The summed E-state index contributed by atoms with van der Waals surface area (Å²) < 4.78 is 11.2. The Balaban J connectivity index is 1.15. The third-order valence-electron chi connectivity index (χ3n) is 9.41. The van der Waals surface area contributed by atoms with Crippen LogP contribution < -0.4 is 5.32 Å². The fourth-order valence-electron chi connectivity index (χ4n) is 7.09. The molecule has 0 aromatic heterocycles. The van der Waals surface area contributed by atoms with Crippen LogP contribution in [0.3, 0.4) is 0 Å². The number of methoxy groups -OCH3 is 1. The van der Waals surface area contributed by atoms with E-state index in [0.29, 0.717) is 30.9 Å². The molecule has 2 aliphatic carbocycles. The Morgan fingerprint density at radius 2 is 1.73 bits per heavy atom. The predicted molar refractivity (Wildman–Crippen MR) is 137 cm³/mol. The standard InChI is InChI=1S/C29H39N3O5/c1-36-24-17-32(25-23(33)18-37-26(24)25)28(35)29(13-3-2-4-14-29)30-27(34)21-7-5-19(6-8-21)20-11-15-31(16-12-20)22-9-10-22/h5-8,20,22,24-26H,2-4,9-18H2,1H3,(H,30,34)/t24-,25+,26+/m0/s1. The van der Waals surface area contributed by atoms with E-state index in [1.54, 1.807) is 12.0 Å². The van der Waals surface area contributed by atoms with Crippen molar-refractivity contribution < 1.29 is 23.9 Å². The Bertz CT molecular complexity index is 1020. The van der Waals surface area contributed by atoms with Crippen molar-refractivity contribution in [2.45, 2.75) is 93.5 Å². The summed E-state index contributed by atoms with van der Waals surface area (Å²) in [7, 11) is 1.58. The number of benzene rings is 1. The van der Waals surface area contributed by atoms with Crippen LogP contribution in [0.15, 0.2) is 24.3 Å². The lowest BCUT2D eigenvalue weighted by Gasteiger charge is -2.40. The van der Waals surface area contributed by atoms with Crippen molar-refractivity contribution in [3.05, 3.63) is 35.4 Å². The summed E-state index contributed by atoms with van der Waals surface area (Å²) in [6.07, 6.45) is 8.21. The van der Waals surface area contributed by atoms with E-state index in [0.717, 1.165) is 38.4 Å². The molecule has 5 fully saturated rings. The second kappa shape index (κ2) is 10.1. The molecule has 5 aliphatic rings. The number of nitrogens with one attached hydrogen (secondary N) is 1. The molecule has 3 heterocycles. The van der Waals surface area contributed by atoms with Crippen molar-refractivity contribution in [2.24, 2.45) is 0 Å². The van der Waals surface area contributed by atoms with Crippen molar-refractivity contribution in [1.82, 2.24) is 15.1 Å². The van der Waals surface area contributed by atoms with Gasteiger partial charge in [0.25, 0.3) is 5.91 Å². The third-order valence-corrected chi connectivity index (χ3v) is 9.41. The Morgan fingerprint density at radius 3 is 2.38 bits per heavy atom. The van der Waals surface area contributed by atoms with Gasteiger partial charge in [0.2, 0.25) is 5.91 Å². The molecule has 0 bridgehead atoms. The van der Waals surface area contributed by atoms with Crippen LogP contribution in [-0.2, 0) is 19.1 Å². The monoisotopic (exact) mass is 509 g/mol. The number of hydrogen-bond donors (Lipinski definition) is 1. The number of ether oxygens (including phenoxy) is 2. The van der Waals surface area contributed by atoms with Crippen LogP contribution in [-0.4, -0.2) is 90.6 Å². The minimum atomic E-state index is -1.00. The zero-order chi connectivity index (χ0) is 25.6. The number of fused-ring (bicyclic) bond motifs is 1. The van der Waals surface area contributed by atoms with E-state index in [1.807, 2.05) is 12.1 Å². The fourth-order valence-corrected chi connectivity index (χ4v) is 7.09. The van der Waals surface area contributed by atoms with Crippen LogP contribution >= 0.6 is 0 Å². The highest BCUT2D eigenvalue weighted by atomic mass is 16.5. The number of likely N-dealkylation sites (tertiary alicyclic amines) is 2. The molecular weight excluding hydrogens is 470 g/mol. The van der Waals surface area contributed by atoms with E-state index >= 15 is 0 Å². The molecule has 2 saturated carbocycles. The largest absolute Gasteiger partial charge is 0.377 e. The minimum absolute atomic E-state index is 0.00425. The Morgan fingerprint density at radius 1 is 1.03 bits per heavy atom. The summed E-state index contributed by atoms with van der Waals surface area (Å²) in [6, 6.07) is 8.18. The molecule has 6 rings (SSSR count). The van der Waals surface area contributed by atoms with Gasteiger partial charge in [0, 0.05) is 18.7 Å². The van der Waals surface area contributed by atoms with Crippen molar-refractivity contribution in [2.75, 3.05) is 33.4 Å². The van der Waals surface area contributed by atoms with E-state index in [-0.39, 0.29) is 30.3 Å². The Labute approximate surface area is 219 Å². The zero-order valence-corrected chi connectivity index (χ0v) is 21.8. The zero-order valence-electron chi connectivity index (χ0n) is 21.8. The highest BCUT2D eigenvalue weighted by molar-refractivity contribution is 6.01. The lowest BCUT2D eigenvalue weighted by molar-refractivity contribution is -0.143. The lowest BCUT2D eigenvalue weighted by Crippen LogP contribution is -2.62. The molecule has 1 aromatic carbocycles. The van der Waals surface area contributed by atoms with Crippen molar-refractivity contribution in [1.29, 1.82) is 0 Å². The second-order valence-electron chi connectivity index (χ2n) is 11.7. The SMILES string of the molecule is CO[C@H]1CN(C(=O)C2(NC(=O)c3ccc(C4CCN(C5CC5)CC4)cc3)CCCCC2)[C@@H]2C(=O)CO[C@H]12. The first kappa shape index (κ1) is 25.0. The van der Waals surface area contributed by atoms with Crippen LogP contribution in [0.2, 0.25) is 0 Å². The molecule has 3 saturated heterocycles. The van der Waals surface area contributed by atoms with Crippen LogP contribution in [0.1, 0.15) is 79.6 Å². The normalized spacial score (nSPS) is 30.4. The first-order valence-electron chi connectivity index (χ1n) is 14.1. The van der Waals surface area contributed by atoms with Gasteiger partial charge in [-0.05, 0) is 75.2 Å². The van der Waals surface area contributed by atoms with E-state index < -0.39 is 17.7 Å². The van der Waals surface area contributed by atoms with Gasteiger partial charge >= 0.3 is 0 Å². The minimum Gasteiger partial charge on any atom is -0.377 e. The van der Waals surface area contributed by atoms with Gasteiger partial charge in [-0.15, -0.1) is 0 Å². The number of hydrogen-bond acceptors (Lipinski definition) is 6. The van der Waals surface area contributed by atoms with Crippen molar-refractivity contribution in [3.8, 4) is 0 Å². The molecule has 8 nitrogen and oxygen atoms in total. The number of piperidine rings is 1. The summed E-state index contributed by atoms with van der Waals surface area (Å²) in [4.78, 5) is 44.3. The summed E-state index contributed by atoms with van der Waals surface area (Å²) >= 11 is 0. The summed E-state index contributed by atoms with van der Waals surface area (Å²) in [5.74, 6) is 0.0570. The first-order chi connectivity index (χ1) is 18.0. The number of amides is 2. The molecule has 8 heteroatoms. The third kappa shape index (κ3) is 4.72. The number of rotatable bonds is 6. The molecule has 0 radical (unpaired) electrons. The predicted octanol–water partition coefficient (Wildman–Crippen LogP) is 2.65. The number of Topliss-reactive ketones (excluding diaryl/α,β-unsaturated/α-hetero) is 1. The maximum Gasteiger partial charge on any atom is 0.252 e. The van der Waals surface area contributed by atoms with Crippen molar-refractivity contribution in [3.63, 3.8) is 0 Å². The van der Waals surface area contributed by atoms with E-state index in [9.17, 15) is 14.4 Å². The summed E-state index contributed by atoms with van der Waals surface area (Å²) in [5, 5.41) is 3.15. The number of nitrogens with zero attached hydrogens (tertiary/aromatic N) is 2. The average molecular weight is 510 g/mol. The molecule has 0 spiro atoms. The van der Waals surface area contributed by atoms with Crippen molar-refractivity contribution >= 4 is 17.6 Å². The van der Waals surface area contributed by atoms with Gasteiger partial charge in [0.05, 0.1) is 6.54 Å². The second-order valence-corrected chi connectivity index (χ2v) is 11.7. The van der Waals surface area contributed by atoms with Gasteiger partial charge in [0.15, 0.2) is 5.78 Å². The topological polar surface area (TPSA) is 88.2 Å². The van der Waals surface area contributed by atoms with E-state index in [4.69, 9.17) is 9.47 Å². The van der Waals surface area contributed by atoms with Gasteiger partial charge in [-0.3, -0.25) is 14.4 Å².